The first kappa shape index (κ1) is 14.3. The summed E-state index contributed by atoms with van der Waals surface area (Å²) in [4.78, 5) is 11.2. The van der Waals surface area contributed by atoms with E-state index < -0.39 is 0 Å². The number of hydrogen-bond donors (Lipinski definition) is 0. The van der Waals surface area contributed by atoms with E-state index in [2.05, 4.69) is 12.1 Å². The minimum atomic E-state index is 0.633. The van der Waals surface area contributed by atoms with Crippen LogP contribution in [-0.4, -0.2) is 27.1 Å². The van der Waals surface area contributed by atoms with Crippen molar-refractivity contribution < 1.29 is 14.3 Å². The fourth-order valence-electron chi connectivity index (χ4n) is 2.10. The Balaban J connectivity index is 2.29. The zero-order chi connectivity index (χ0) is 14.4. The Labute approximate surface area is 119 Å². The summed E-state index contributed by atoms with van der Waals surface area (Å²) in [5.41, 5.74) is 3.79. The molecule has 0 radical (unpaired) electrons. The van der Waals surface area contributed by atoms with E-state index in [-0.39, 0.29) is 0 Å². The third kappa shape index (κ3) is 3.25. The molecule has 3 nitrogen and oxygen atoms in total. The average molecular weight is 270 g/mol. The highest BCUT2D eigenvalue weighted by molar-refractivity contribution is 5.88. The highest BCUT2D eigenvalue weighted by atomic mass is 16.5. The van der Waals surface area contributed by atoms with Gasteiger partial charge in [0, 0.05) is 12.7 Å². The van der Waals surface area contributed by atoms with E-state index in [1.807, 2.05) is 24.3 Å². The van der Waals surface area contributed by atoms with Gasteiger partial charge in [0.25, 0.3) is 0 Å². The normalized spacial score (nSPS) is 10.3. The van der Waals surface area contributed by atoms with E-state index in [0.29, 0.717) is 17.9 Å². The fraction of sp³-hybridized carbons (Fsp3) is 0.235. The monoisotopic (exact) mass is 270 g/mol. The molecule has 0 unspecified atom stereocenters. The number of aldehydes is 1. The quantitative estimate of drug-likeness (QED) is 0.755. The molecule has 0 spiro atoms. The van der Waals surface area contributed by atoms with Gasteiger partial charge in [-0.3, -0.25) is 4.79 Å². The summed E-state index contributed by atoms with van der Waals surface area (Å²) in [5, 5.41) is 0. The fourth-order valence-corrected chi connectivity index (χ4v) is 2.10. The molecule has 0 saturated carbocycles. The molecule has 104 valence electrons. The zero-order valence-electron chi connectivity index (χ0n) is 11.8. The predicted molar refractivity (Wildman–Crippen MR) is 79.4 cm³/mol. The molecule has 0 fully saturated rings. The number of carbonyl (C=O) groups excluding carboxylic acids is 1. The van der Waals surface area contributed by atoms with Gasteiger partial charge in [-0.1, -0.05) is 24.3 Å². The van der Waals surface area contributed by atoms with Gasteiger partial charge in [-0.05, 0) is 41.3 Å². The number of ether oxygens (including phenoxy) is 2. The lowest BCUT2D eigenvalue weighted by Crippen LogP contribution is -1.94. The van der Waals surface area contributed by atoms with Gasteiger partial charge < -0.3 is 9.47 Å². The van der Waals surface area contributed by atoms with Crippen molar-refractivity contribution in [2.45, 2.75) is 6.42 Å². The zero-order valence-corrected chi connectivity index (χ0v) is 11.8. The number of hydrogen-bond acceptors (Lipinski definition) is 3. The second kappa shape index (κ2) is 6.87. The van der Waals surface area contributed by atoms with Crippen molar-refractivity contribution >= 4 is 6.29 Å². The average Bonchev–Trinajstić information content (AvgIpc) is 2.52. The summed E-state index contributed by atoms with van der Waals surface area (Å²) < 4.78 is 10.2. The van der Waals surface area contributed by atoms with E-state index in [9.17, 15) is 4.79 Å². The number of methoxy groups -OCH3 is 2. The van der Waals surface area contributed by atoms with Gasteiger partial charge in [0.05, 0.1) is 13.7 Å². The largest absolute Gasteiger partial charge is 0.497 e. The molecule has 3 heteroatoms. The third-order valence-electron chi connectivity index (χ3n) is 3.25. The number of carbonyl (C=O) groups is 1. The molecule has 0 aliphatic heterocycles. The van der Waals surface area contributed by atoms with Gasteiger partial charge in [-0.15, -0.1) is 0 Å². The molecule has 20 heavy (non-hydrogen) atoms. The molecule has 2 rings (SSSR count). The van der Waals surface area contributed by atoms with Crippen LogP contribution in [0.15, 0.2) is 42.5 Å². The second-order valence-electron chi connectivity index (χ2n) is 4.51. The molecule has 2 aromatic rings. The standard InChI is InChI=1S/C17H18O3/c1-19-10-9-13-3-5-14(6-4-13)17-8-7-16(20-2)11-15(17)12-18/h3-8,11-12H,9-10H2,1-2H3. The van der Waals surface area contributed by atoms with Crippen LogP contribution in [0.3, 0.4) is 0 Å². The van der Waals surface area contributed by atoms with Crippen LogP contribution in [0.4, 0.5) is 0 Å². The lowest BCUT2D eigenvalue weighted by Gasteiger charge is -2.08. The van der Waals surface area contributed by atoms with Crippen molar-refractivity contribution in [3.8, 4) is 16.9 Å². The lowest BCUT2D eigenvalue weighted by molar-refractivity contribution is 0.112. The van der Waals surface area contributed by atoms with Crippen molar-refractivity contribution in [3.05, 3.63) is 53.6 Å². The highest BCUT2D eigenvalue weighted by Crippen LogP contribution is 2.26. The first-order valence-electron chi connectivity index (χ1n) is 6.50. The molecule has 0 bridgehead atoms. The Morgan fingerprint density at radius 2 is 1.80 bits per heavy atom. The van der Waals surface area contributed by atoms with Gasteiger partial charge in [0.2, 0.25) is 0 Å². The lowest BCUT2D eigenvalue weighted by atomic mass is 9.98. The number of rotatable bonds is 6. The molecule has 0 atom stereocenters. The van der Waals surface area contributed by atoms with E-state index in [4.69, 9.17) is 9.47 Å². The molecular weight excluding hydrogens is 252 g/mol. The molecule has 0 saturated heterocycles. The summed E-state index contributed by atoms with van der Waals surface area (Å²) in [7, 11) is 3.29. The van der Waals surface area contributed by atoms with E-state index >= 15 is 0 Å². The van der Waals surface area contributed by atoms with Crippen molar-refractivity contribution in [3.63, 3.8) is 0 Å². The van der Waals surface area contributed by atoms with Crippen molar-refractivity contribution in [1.29, 1.82) is 0 Å². The molecule has 0 aliphatic rings. The second-order valence-corrected chi connectivity index (χ2v) is 4.51. The van der Waals surface area contributed by atoms with Crippen molar-refractivity contribution in [2.75, 3.05) is 20.8 Å². The van der Waals surface area contributed by atoms with Crippen LogP contribution in [-0.2, 0) is 11.2 Å². The van der Waals surface area contributed by atoms with Gasteiger partial charge in [-0.25, -0.2) is 0 Å². The van der Waals surface area contributed by atoms with Crippen LogP contribution in [0.1, 0.15) is 15.9 Å². The molecule has 0 heterocycles. The summed E-state index contributed by atoms with van der Waals surface area (Å²) >= 11 is 0. The third-order valence-corrected chi connectivity index (χ3v) is 3.25. The minimum Gasteiger partial charge on any atom is -0.497 e. The Hall–Kier alpha value is -2.13. The molecule has 2 aromatic carbocycles. The molecular formula is C17H18O3. The van der Waals surface area contributed by atoms with Crippen LogP contribution in [0, 0.1) is 0 Å². The van der Waals surface area contributed by atoms with Crippen molar-refractivity contribution in [2.24, 2.45) is 0 Å². The van der Waals surface area contributed by atoms with Crippen LogP contribution in [0.2, 0.25) is 0 Å². The summed E-state index contributed by atoms with van der Waals surface area (Å²) in [6, 6.07) is 13.7. The van der Waals surface area contributed by atoms with Gasteiger partial charge in [-0.2, -0.15) is 0 Å². The number of benzene rings is 2. The van der Waals surface area contributed by atoms with E-state index in [1.165, 1.54) is 5.56 Å². The molecule has 0 aromatic heterocycles. The summed E-state index contributed by atoms with van der Waals surface area (Å²) in [6.07, 6.45) is 1.75. The van der Waals surface area contributed by atoms with Gasteiger partial charge in [0.15, 0.2) is 6.29 Å². The van der Waals surface area contributed by atoms with Crippen LogP contribution in [0.5, 0.6) is 5.75 Å². The first-order valence-corrected chi connectivity index (χ1v) is 6.50. The SMILES string of the molecule is COCCc1ccc(-c2ccc(OC)cc2C=O)cc1. The van der Waals surface area contributed by atoms with Crippen molar-refractivity contribution in [1.82, 2.24) is 0 Å². The minimum absolute atomic E-state index is 0.633. The van der Waals surface area contributed by atoms with E-state index in [1.54, 1.807) is 20.3 Å². The first-order chi connectivity index (χ1) is 9.78. The predicted octanol–water partition coefficient (Wildman–Crippen LogP) is 3.36. The smallest absolute Gasteiger partial charge is 0.150 e. The topological polar surface area (TPSA) is 35.5 Å². The van der Waals surface area contributed by atoms with Crippen LogP contribution in [0.25, 0.3) is 11.1 Å². The Morgan fingerprint density at radius 1 is 1.05 bits per heavy atom. The summed E-state index contributed by atoms with van der Waals surface area (Å²) in [6.45, 7) is 0.710. The summed E-state index contributed by atoms with van der Waals surface area (Å²) in [5.74, 6) is 0.688. The van der Waals surface area contributed by atoms with Gasteiger partial charge in [0.1, 0.15) is 5.75 Å². The Kier molecular flexibility index (Phi) is 4.91. The maximum absolute atomic E-state index is 11.2. The Morgan fingerprint density at radius 3 is 2.40 bits per heavy atom. The maximum Gasteiger partial charge on any atom is 0.150 e. The van der Waals surface area contributed by atoms with Gasteiger partial charge >= 0.3 is 0 Å². The van der Waals surface area contributed by atoms with Crippen LogP contribution >= 0.6 is 0 Å². The maximum atomic E-state index is 11.2. The Bertz CT molecular complexity index is 573. The molecule has 0 N–H and O–H groups in total. The van der Waals surface area contributed by atoms with Crippen LogP contribution < -0.4 is 4.74 Å². The van der Waals surface area contributed by atoms with E-state index in [0.717, 1.165) is 23.8 Å². The molecule has 0 amide bonds. The highest BCUT2D eigenvalue weighted by Gasteiger charge is 2.06. The molecule has 0 aliphatic carbocycles.